The van der Waals surface area contributed by atoms with Crippen LogP contribution in [-0.2, 0) is 0 Å². The van der Waals surface area contributed by atoms with E-state index in [1.807, 2.05) is 0 Å². The van der Waals surface area contributed by atoms with E-state index >= 15 is 0 Å². The molecule has 0 aromatic carbocycles. The van der Waals surface area contributed by atoms with Crippen LogP contribution < -0.4 is 0 Å². The molecule has 9 heavy (non-hydrogen) atoms. The molecule has 1 atom stereocenters. The molecule has 4 nitrogen and oxygen atoms in total. The Morgan fingerprint density at radius 2 is 2.67 bits per heavy atom. The van der Waals surface area contributed by atoms with Crippen molar-refractivity contribution in [2.75, 3.05) is 0 Å². The SMILES string of the molecule is N#CC(O)c1cocn1. The highest BCUT2D eigenvalue weighted by Crippen LogP contribution is 2.06. The lowest BCUT2D eigenvalue weighted by atomic mass is 10.3. The Bertz CT molecular complexity index is 211. The molecule has 1 heterocycles. The van der Waals surface area contributed by atoms with Gasteiger partial charge >= 0.3 is 0 Å². The van der Waals surface area contributed by atoms with E-state index in [9.17, 15) is 0 Å². The first-order valence-electron chi connectivity index (χ1n) is 2.30. The van der Waals surface area contributed by atoms with Gasteiger partial charge in [0.25, 0.3) is 0 Å². The average molecular weight is 124 g/mol. The zero-order chi connectivity index (χ0) is 6.69. The predicted octanol–water partition coefficient (Wildman–Crippen LogP) is 0.232. The van der Waals surface area contributed by atoms with Gasteiger partial charge in [-0.3, -0.25) is 0 Å². The molecule has 0 bridgehead atoms. The maximum atomic E-state index is 8.73. The molecule has 0 aliphatic carbocycles. The van der Waals surface area contributed by atoms with E-state index < -0.39 is 6.10 Å². The third kappa shape index (κ3) is 1.06. The number of aliphatic hydroxyl groups is 1. The van der Waals surface area contributed by atoms with Gasteiger partial charge in [0.05, 0.1) is 0 Å². The predicted molar refractivity (Wildman–Crippen MR) is 27.1 cm³/mol. The average Bonchev–Trinajstić information content (AvgIpc) is 2.37. The van der Waals surface area contributed by atoms with Crippen molar-refractivity contribution in [2.45, 2.75) is 6.10 Å². The summed E-state index contributed by atoms with van der Waals surface area (Å²) < 4.78 is 4.52. The summed E-state index contributed by atoms with van der Waals surface area (Å²) in [6.07, 6.45) is 1.23. The third-order valence-electron chi connectivity index (χ3n) is 0.854. The lowest BCUT2D eigenvalue weighted by molar-refractivity contribution is 0.230. The maximum Gasteiger partial charge on any atom is 0.186 e. The van der Waals surface area contributed by atoms with Crippen LogP contribution >= 0.6 is 0 Å². The highest BCUT2D eigenvalue weighted by atomic mass is 16.3. The molecule has 0 amide bonds. The Balaban J connectivity index is 2.80. The molecule has 46 valence electrons. The molecule has 0 radical (unpaired) electrons. The van der Waals surface area contributed by atoms with Crippen LogP contribution in [0.5, 0.6) is 0 Å². The Morgan fingerprint density at radius 3 is 3.11 bits per heavy atom. The van der Waals surface area contributed by atoms with Crippen molar-refractivity contribution >= 4 is 0 Å². The van der Waals surface area contributed by atoms with Gasteiger partial charge in [-0.25, -0.2) is 4.98 Å². The van der Waals surface area contributed by atoms with Gasteiger partial charge < -0.3 is 9.52 Å². The fraction of sp³-hybridized carbons (Fsp3) is 0.200. The van der Waals surface area contributed by atoms with Crippen LogP contribution in [0.4, 0.5) is 0 Å². The Kier molecular flexibility index (Phi) is 1.47. The molecule has 1 unspecified atom stereocenters. The lowest BCUT2D eigenvalue weighted by Gasteiger charge is -1.89. The van der Waals surface area contributed by atoms with E-state index in [1.54, 1.807) is 6.07 Å². The minimum atomic E-state index is -1.16. The zero-order valence-corrected chi connectivity index (χ0v) is 4.48. The van der Waals surface area contributed by atoms with Crippen LogP contribution in [0.15, 0.2) is 17.1 Å². The van der Waals surface area contributed by atoms with Gasteiger partial charge in [-0.05, 0) is 0 Å². The summed E-state index contributed by atoms with van der Waals surface area (Å²) in [5.74, 6) is 0. The van der Waals surface area contributed by atoms with Crippen LogP contribution in [-0.4, -0.2) is 10.1 Å². The zero-order valence-electron chi connectivity index (χ0n) is 4.48. The van der Waals surface area contributed by atoms with Gasteiger partial charge in [0, 0.05) is 0 Å². The first kappa shape index (κ1) is 5.79. The van der Waals surface area contributed by atoms with Crippen LogP contribution in [0.25, 0.3) is 0 Å². The van der Waals surface area contributed by atoms with E-state index in [-0.39, 0.29) is 5.69 Å². The molecular weight excluding hydrogens is 120 g/mol. The number of aliphatic hydroxyl groups excluding tert-OH is 1. The quantitative estimate of drug-likeness (QED) is 0.544. The molecule has 0 spiro atoms. The molecule has 1 rings (SSSR count). The maximum absolute atomic E-state index is 8.73. The second kappa shape index (κ2) is 2.29. The van der Waals surface area contributed by atoms with Gasteiger partial charge in [-0.15, -0.1) is 0 Å². The fourth-order valence-electron chi connectivity index (χ4n) is 0.423. The van der Waals surface area contributed by atoms with Gasteiger partial charge in [-0.1, -0.05) is 0 Å². The summed E-state index contributed by atoms with van der Waals surface area (Å²) in [4.78, 5) is 3.55. The van der Waals surface area contributed by atoms with Gasteiger partial charge in [0.1, 0.15) is 18.0 Å². The first-order valence-corrected chi connectivity index (χ1v) is 2.30. The number of rotatable bonds is 1. The molecule has 1 aromatic heterocycles. The summed E-state index contributed by atoms with van der Waals surface area (Å²) in [7, 11) is 0. The monoisotopic (exact) mass is 124 g/mol. The highest BCUT2D eigenvalue weighted by molar-refractivity contribution is 5.05. The number of oxazole rings is 1. The molecular formula is C5H4N2O2. The van der Waals surface area contributed by atoms with Crippen LogP contribution in [0, 0.1) is 11.3 Å². The normalized spacial score (nSPS) is 12.4. The van der Waals surface area contributed by atoms with Crippen LogP contribution in [0.1, 0.15) is 11.8 Å². The largest absolute Gasteiger partial charge is 0.451 e. The molecule has 0 saturated heterocycles. The number of hydrogen-bond acceptors (Lipinski definition) is 4. The van der Waals surface area contributed by atoms with E-state index in [0.29, 0.717) is 0 Å². The molecule has 1 N–H and O–H groups in total. The second-order valence-corrected chi connectivity index (χ2v) is 1.44. The summed E-state index contributed by atoms with van der Waals surface area (Å²) in [5.41, 5.74) is 0.248. The van der Waals surface area contributed by atoms with Crippen LogP contribution in [0.3, 0.4) is 0 Å². The minimum absolute atomic E-state index is 0.248. The molecule has 0 fully saturated rings. The Morgan fingerprint density at radius 1 is 1.89 bits per heavy atom. The Hall–Kier alpha value is -1.34. The van der Waals surface area contributed by atoms with E-state index in [1.165, 1.54) is 6.26 Å². The molecule has 1 aromatic rings. The van der Waals surface area contributed by atoms with Crippen molar-refractivity contribution in [2.24, 2.45) is 0 Å². The Labute approximate surface area is 51.4 Å². The second-order valence-electron chi connectivity index (χ2n) is 1.44. The number of hydrogen-bond donors (Lipinski definition) is 1. The number of nitrogens with zero attached hydrogens (tertiary/aromatic N) is 2. The molecule has 0 aliphatic heterocycles. The summed E-state index contributed by atoms with van der Waals surface area (Å²) in [6, 6.07) is 1.60. The van der Waals surface area contributed by atoms with Crippen molar-refractivity contribution < 1.29 is 9.52 Å². The van der Waals surface area contributed by atoms with Gasteiger partial charge in [0.15, 0.2) is 12.5 Å². The van der Waals surface area contributed by atoms with Gasteiger partial charge in [0.2, 0.25) is 0 Å². The topological polar surface area (TPSA) is 70.0 Å². The molecule has 0 saturated carbocycles. The van der Waals surface area contributed by atoms with Crippen molar-refractivity contribution in [3.63, 3.8) is 0 Å². The van der Waals surface area contributed by atoms with Crippen molar-refractivity contribution in [3.8, 4) is 6.07 Å². The van der Waals surface area contributed by atoms with Crippen molar-refractivity contribution in [1.82, 2.24) is 4.98 Å². The van der Waals surface area contributed by atoms with Crippen molar-refractivity contribution in [3.05, 3.63) is 18.4 Å². The van der Waals surface area contributed by atoms with E-state index in [4.69, 9.17) is 10.4 Å². The fourth-order valence-corrected chi connectivity index (χ4v) is 0.423. The number of nitriles is 1. The summed E-state index contributed by atoms with van der Waals surface area (Å²) in [6.45, 7) is 0. The molecule has 4 heteroatoms. The van der Waals surface area contributed by atoms with E-state index in [0.717, 1.165) is 6.39 Å². The lowest BCUT2D eigenvalue weighted by Crippen LogP contribution is -1.91. The van der Waals surface area contributed by atoms with E-state index in [2.05, 4.69) is 9.40 Å². The standard InChI is InChI=1S/C5H4N2O2/c6-1-5(8)4-2-9-3-7-4/h2-3,5,8H. The molecule has 0 aliphatic rings. The number of aromatic nitrogens is 1. The highest BCUT2D eigenvalue weighted by Gasteiger charge is 2.06. The van der Waals surface area contributed by atoms with Gasteiger partial charge in [-0.2, -0.15) is 5.26 Å². The smallest absolute Gasteiger partial charge is 0.186 e. The minimum Gasteiger partial charge on any atom is -0.451 e. The third-order valence-corrected chi connectivity index (χ3v) is 0.854. The first-order chi connectivity index (χ1) is 4.34. The summed E-state index contributed by atoms with van der Waals surface area (Å²) in [5, 5.41) is 16.9. The van der Waals surface area contributed by atoms with Crippen LogP contribution in [0.2, 0.25) is 0 Å². The van der Waals surface area contributed by atoms with Crippen molar-refractivity contribution in [1.29, 1.82) is 5.26 Å². The summed E-state index contributed by atoms with van der Waals surface area (Å²) >= 11 is 0.